The van der Waals surface area contributed by atoms with Crippen LogP contribution in [0.1, 0.15) is 106 Å². The van der Waals surface area contributed by atoms with E-state index in [1.54, 1.807) is 0 Å². The van der Waals surface area contributed by atoms with E-state index >= 15 is 0 Å². The van der Waals surface area contributed by atoms with Gasteiger partial charge in [0.15, 0.2) is 0 Å². The van der Waals surface area contributed by atoms with E-state index in [9.17, 15) is 15.0 Å². The minimum absolute atomic E-state index is 0.00725. The van der Waals surface area contributed by atoms with Crippen LogP contribution in [0.4, 0.5) is 0 Å². The van der Waals surface area contributed by atoms with Crippen molar-refractivity contribution in [2.45, 2.75) is 149 Å². The second-order valence-corrected chi connectivity index (χ2v) is 23.0. The third-order valence-electron chi connectivity index (χ3n) is 13.1. The minimum Gasteiger partial charge on any atom is -0.459 e. The van der Waals surface area contributed by atoms with Crippen LogP contribution in [0.3, 0.4) is 0 Å². The Kier molecular flexibility index (Phi) is 11.3. The van der Waals surface area contributed by atoms with Crippen molar-refractivity contribution < 1.29 is 29.2 Å². The predicted octanol–water partition coefficient (Wildman–Crippen LogP) is 7.68. The number of aliphatic hydroxyl groups excluding tert-OH is 1. The zero-order valence-electron chi connectivity index (χ0n) is 29.1. The third kappa shape index (κ3) is 7.11. The van der Waals surface area contributed by atoms with Crippen molar-refractivity contribution in [3.8, 4) is 0 Å². The molecule has 11 atom stereocenters. The van der Waals surface area contributed by atoms with Crippen LogP contribution >= 0.6 is 0 Å². The Balaban J connectivity index is 1.61. The number of carbonyl (C=O) groups is 1. The van der Waals surface area contributed by atoms with Crippen LogP contribution in [0.15, 0.2) is 0 Å². The van der Waals surface area contributed by atoms with Crippen LogP contribution in [-0.4, -0.2) is 62.1 Å². The van der Waals surface area contributed by atoms with E-state index in [2.05, 4.69) is 54.3 Å². The summed E-state index contributed by atoms with van der Waals surface area (Å²) in [4.78, 5) is 12.5. The molecule has 0 bridgehead atoms. The first kappa shape index (κ1) is 35.4. The zero-order chi connectivity index (χ0) is 31.8. The summed E-state index contributed by atoms with van der Waals surface area (Å²) in [5.74, 6) is 2.99. The highest BCUT2D eigenvalue weighted by molar-refractivity contribution is 6.76. The Bertz CT molecular complexity index is 935. The zero-order valence-corrected chi connectivity index (χ0v) is 30.1. The number of aliphatic hydroxyl groups is 2. The first-order valence-corrected chi connectivity index (χ1v) is 21.5. The summed E-state index contributed by atoms with van der Waals surface area (Å²) >= 11 is 0. The minimum atomic E-state index is -1.25. The Morgan fingerprint density at radius 1 is 1.00 bits per heavy atom. The molecule has 0 aromatic rings. The van der Waals surface area contributed by atoms with E-state index in [1.165, 1.54) is 45.4 Å². The highest BCUT2D eigenvalue weighted by Crippen LogP contribution is 2.70. The maximum Gasteiger partial charge on any atom is 0.303 e. The van der Waals surface area contributed by atoms with Gasteiger partial charge in [0.1, 0.15) is 18.5 Å². The van der Waals surface area contributed by atoms with Crippen LogP contribution in [0.5, 0.6) is 0 Å². The molecule has 43 heavy (non-hydrogen) atoms. The van der Waals surface area contributed by atoms with Gasteiger partial charge in [-0.2, -0.15) is 0 Å². The fourth-order valence-electron chi connectivity index (χ4n) is 10.7. The summed E-state index contributed by atoms with van der Waals surface area (Å²) < 4.78 is 18.7. The quantitative estimate of drug-likeness (QED) is 0.0949. The lowest BCUT2D eigenvalue weighted by Crippen LogP contribution is -2.73. The lowest BCUT2D eigenvalue weighted by atomic mass is 9.41. The maximum absolute atomic E-state index is 12.8. The topological polar surface area (TPSA) is 85.2 Å². The number of fused-ring (bicyclic) bond motifs is 5. The van der Waals surface area contributed by atoms with Gasteiger partial charge in [-0.15, -0.1) is 0 Å². The van der Waals surface area contributed by atoms with Crippen LogP contribution in [0, 0.1) is 52.3 Å². The van der Waals surface area contributed by atoms with Gasteiger partial charge < -0.3 is 24.4 Å². The number of carbonyl (C=O) groups excluding carboxylic acids is 1. The van der Waals surface area contributed by atoms with E-state index in [-0.39, 0.29) is 42.7 Å². The molecule has 0 aromatic heterocycles. The Hall–Kier alpha value is -0.473. The second kappa shape index (κ2) is 13.7. The van der Waals surface area contributed by atoms with Crippen molar-refractivity contribution in [2.75, 3.05) is 20.0 Å². The highest BCUT2D eigenvalue weighted by atomic mass is 28.3. The average Bonchev–Trinajstić information content (AvgIpc) is 3.26. The van der Waals surface area contributed by atoms with E-state index in [0.717, 1.165) is 30.2 Å². The van der Waals surface area contributed by atoms with Gasteiger partial charge in [0.2, 0.25) is 0 Å². The van der Waals surface area contributed by atoms with E-state index in [4.69, 9.17) is 14.2 Å². The van der Waals surface area contributed by atoms with Crippen molar-refractivity contribution in [2.24, 2.45) is 52.3 Å². The number of esters is 1. The van der Waals surface area contributed by atoms with Crippen LogP contribution < -0.4 is 0 Å². The van der Waals surface area contributed by atoms with Crippen LogP contribution in [-0.2, 0) is 19.0 Å². The molecule has 4 saturated carbocycles. The lowest BCUT2D eigenvalue weighted by molar-refractivity contribution is -0.308. The maximum atomic E-state index is 12.8. The lowest BCUT2D eigenvalue weighted by Gasteiger charge is -2.67. The number of hydrogen-bond acceptors (Lipinski definition) is 6. The van der Waals surface area contributed by atoms with Crippen LogP contribution in [0.25, 0.3) is 0 Å². The second-order valence-electron chi connectivity index (χ2n) is 17.4. The van der Waals surface area contributed by atoms with Gasteiger partial charge in [0.25, 0.3) is 0 Å². The Labute approximate surface area is 264 Å². The molecule has 0 spiro atoms. The fraction of sp³-hybridized carbons (Fsp3) is 0.972. The standard InChI is InChI=1S/C36H66O6Si/c1-24(2)11-10-12-25(3)29-13-14-30-28-20-33(42-26(4)38)36(39)21-27(22-37)19-32(41-23-40-17-18-43(7,8)9)35(36,6)31(28)15-16-34(29,30)5/h24-25,27-33,37,39H,10-23H2,1-9H3/t25-,27+,28+,29-,30+,31+,32-,33-,34-,35+,36+/m1/s1. The SMILES string of the molecule is CC(=O)O[C@@H]1C[C@H]2[C@@H]3CC[C@H]([C@H](C)CCCC(C)C)[C@@]3(C)CC[C@@H]2[C@@]2(C)[C@H](OCOCC[Si](C)(C)C)C[C@H](CO)C[C@]12O. The molecule has 0 heterocycles. The highest BCUT2D eigenvalue weighted by Gasteiger charge is 2.71. The van der Waals surface area contributed by atoms with Gasteiger partial charge >= 0.3 is 5.97 Å². The predicted molar refractivity (Wildman–Crippen MR) is 175 cm³/mol. The number of ether oxygens (including phenoxy) is 3. The molecule has 7 heteroatoms. The smallest absolute Gasteiger partial charge is 0.303 e. The summed E-state index contributed by atoms with van der Waals surface area (Å²) in [6, 6.07) is 1.08. The Morgan fingerprint density at radius 2 is 1.72 bits per heavy atom. The van der Waals surface area contributed by atoms with Gasteiger partial charge in [0, 0.05) is 33.6 Å². The fourth-order valence-corrected chi connectivity index (χ4v) is 11.5. The molecule has 4 fully saturated rings. The summed E-state index contributed by atoms with van der Waals surface area (Å²) in [7, 11) is -1.22. The van der Waals surface area contributed by atoms with Gasteiger partial charge in [-0.3, -0.25) is 4.79 Å². The molecular formula is C36H66O6Si. The Morgan fingerprint density at radius 3 is 2.35 bits per heavy atom. The number of rotatable bonds is 13. The number of hydrogen-bond donors (Lipinski definition) is 2. The normalized spacial score (nSPS) is 41.8. The summed E-state index contributed by atoms with van der Waals surface area (Å²) in [6.45, 7) is 21.3. The van der Waals surface area contributed by atoms with Gasteiger partial charge in [0.05, 0.1) is 6.10 Å². The third-order valence-corrected chi connectivity index (χ3v) is 14.8. The molecule has 0 amide bonds. The molecule has 4 aliphatic carbocycles. The molecule has 4 rings (SSSR count). The monoisotopic (exact) mass is 622 g/mol. The molecule has 6 nitrogen and oxygen atoms in total. The molecular weight excluding hydrogens is 556 g/mol. The van der Waals surface area contributed by atoms with Crippen LogP contribution in [0.2, 0.25) is 25.7 Å². The van der Waals surface area contributed by atoms with Gasteiger partial charge in [-0.05, 0) is 97.8 Å². The molecule has 0 aliphatic heterocycles. The summed E-state index contributed by atoms with van der Waals surface area (Å²) in [5.41, 5.74) is -1.56. The molecule has 0 unspecified atom stereocenters. The molecule has 2 N–H and O–H groups in total. The first-order chi connectivity index (χ1) is 20.1. The van der Waals surface area contributed by atoms with Crippen molar-refractivity contribution in [1.29, 1.82) is 0 Å². The molecule has 0 radical (unpaired) electrons. The molecule has 4 aliphatic rings. The molecule has 250 valence electrons. The summed E-state index contributed by atoms with van der Waals surface area (Å²) in [5, 5.41) is 23.1. The first-order valence-electron chi connectivity index (χ1n) is 17.8. The van der Waals surface area contributed by atoms with Crippen molar-refractivity contribution in [1.82, 2.24) is 0 Å². The van der Waals surface area contributed by atoms with Crippen molar-refractivity contribution in [3.05, 3.63) is 0 Å². The molecule has 0 aromatic carbocycles. The van der Waals surface area contributed by atoms with E-state index in [1.807, 2.05) is 0 Å². The van der Waals surface area contributed by atoms with E-state index in [0.29, 0.717) is 37.7 Å². The van der Waals surface area contributed by atoms with Crippen molar-refractivity contribution >= 4 is 14.0 Å². The average molecular weight is 623 g/mol. The summed E-state index contributed by atoms with van der Waals surface area (Å²) in [6.07, 6.45) is 9.68. The molecule has 0 saturated heterocycles. The van der Waals surface area contributed by atoms with Gasteiger partial charge in [-0.25, -0.2) is 0 Å². The largest absolute Gasteiger partial charge is 0.459 e. The van der Waals surface area contributed by atoms with E-state index < -0.39 is 25.2 Å². The van der Waals surface area contributed by atoms with Gasteiger partial charge in [-0.1, -0.05) is 73.5 Å². The van der Waals surface area contributed by atoms with Crippen molar-refractivity contribution in [3.63, 3.8) is 0 Å².